The van der Waals surface area contributed by atoms with Crippen molar-refractivity contribution < 1.29 is 19.4 Å². The van der Waals surface area contributed by atoms with Crippen molar-refractivity contribution >= 4 is 50.4 Å². The van der Waals surface area contributed by atoms with Crippen LogP contribution in [0.2, 0.25) is 0 Å². The first-order valence-corrected chi connectivity index (χ1v) is 7.81. The van der Waals surface area contributed by atoms with Gasteiger partial charge in [-0.2, -0.15) is 0 Å². The van der Waals surface area contributed by atoms with Gasteiger partial charge < -0.3 is 14.7 Å². The van der Waals surface area contributed by atoms with Crippen molar-refractivity contribution in [2.75, 3.05) is 20.3 Å². The van der Waals surface area contributed by atoms with Gasteiger partial charge >= 0.3 is 5.97 Å². The molecular weight excluding hydrogens is 441 g/mol. The zero-order valence-corrected chi connectivity index (χ0v) is 14.4. The SMILES string of the molecule is CN(C(=O)c1cc(I)ccc1Br)C1COCC1C(=O)O. The Hall–Kier alpha value is -0.670. The van der Waals surface area contributed by atoms with Gasteiger partial charge in [-0.05, 0) is 56.7 Å². The first kappa shape index (κ1) is 15.7. The van der Waals surface area contributed by atoms with Gasteiger partial charge in [-0.15, -0.1) is 0 Å². The standard InChI is InChI=1S/C13H13BrINO4/c1-16(11-6-20-5-9(11)13(18)19)12(17)8-4-7(15)2-3-10(8)14/h2-4,9,11H,5-6H2,1H3,(H,18,19). The summed E-state index contributed by atoms with van der Waals surface area (Å²) in [6, 6.07) is 5.03. The maximum Gasteiger partial charge on any atom is 0.311 e. The summed E-state index contributed by atoms with van der Waals surface area (Å²) in [5.41, 5.74) is 0.524. The number of benzene rings is 1. The minimum atomic E-state index is -0.936. The van der Waals surface area contributed by atoms with Gasteiger partial charge in [0.1, 0.15) is 5.92 Å². The predicted octanol–water partition coefficient (Wildman–Crippen LogP) is 2.23. The minimum Gasteiger partial charge on any atom is -0.481 e. The van der Waals surface area contributed by atoms with Crippen LogP contribution in [0.25, 0.3) is 0 Å². The topological polar surface area (TPSA) is 66.8 Å². The van der Waals surface area contributed by atoms with Gasteiger partial charge in [-0.3, -0.25) is 9.59 Å². The van der Waals surface area contributed by atoms with Crippen molar-refractivity contribution in [1.29, 1.82) is 0 Å². The molecule has 0 saturated carbocycles. The zero-order valence-electron chi connectivity index (χ0n) is 10.7. The van der Waals surface area contributed by atoms with Gasteiger partial charge in [0.15, 0.2) is 0 Å². The summed E-state index contributed by atoms with van der Waals surface area (Å²) in [6.45, 7) is 0.395. The average Bonchev–Trinajstić information content (AvgIpc) is 2.89. The minimum absolute atomic E-state index is 0.144. The van der Waals surface area contributed by atoms with Crippen LogP contribution in [0.3, 0.4) is 0 Å². The molecule has 0 radical (unpaired) electrons. The molecule has 1 amide bonds. The van der Waals surface area contributed by atoms with Crippen LogP contribution in [0, 0.1) is 9.49 Å². The Kier molecular flexibility index (Phi) is 5.03. The van der Waals surface area contributed by atoms with Crippen molar-refractivity contribution in [3.05, 3.63) is 31.8 Å². The lowest BCUT2D eigenvalue weighted by atomic mass is 10.0. The highest BCUT2D eigenvalue weighted by molar-refractivity contribution is 14.1. The van der Waals surface area contributed by atoms with Gasteiger partial charge in [0.05, 0.1) is 24.8 Å². The fourth-order valence-electron chi connectivity index (χ4n) is 2.16. The van der Waals surface area contributed by atoms with E-state index in [4.69, 9.17) is 9.84 Å². The third-order valence-corrected chi connectivity index (χ3v) is 4.71. The van der Waals surface area contributed by atoms with Crippen molar-refractivity contribution in [2.24, 2.45) is 5.92 Å². The van der Waals surface area contributed by atoms with Crippen molar-refractivity contribution in [1.82, 2.24) is 4.90 Å². The van der Waals surface area contributed by atoms with E-state index in [9.17, 15) is 9.59 Å². The molecule has 0 aromatic heterocycles. The van der Waals surface area contributed by atoms with E-state index in [2.05, 4.69) is 38.5 Å². The Labute approximate surface area is 138 Å². The molecule has 20 heavy (non-hydrogen) atoms. The summed E-state index contributed by atoms with van der Waals surface area (Å²) < 4.78 is 6.84. The van der Waals surface area contributed by atoms with Crippen LogP contribution in [-0.2, 0) is 9.53 Å². The summed E-state index contributed by atoms with van der Waals surface area (Å²) >= 11 is 5.49. The number of carboxylic acid groups (broad SMARTS) is 1. The number of carboxylic acids is 1. The van der Waals surface area contributed by atoms with E-state index in [1.807, 2.05) is 12.1 Å². The van der Waals surface area contributed by atoms with E-state index in [0.717, 1.165) is 3.57 Å². The molecule has 0 spiro atoms. The average molecular weight is 454 g/mol. The number of amides is 1. The summed E-state index contributed by atoms with van der Waals surface area (Å²) in [5.74, 6) is -1.82. The van der Waals surface area contributed by atoms with Gasteiger partial charge in [-0.25, -0.2) is 0 Å². The number of halogens is 2. The molecule has 1 saturated heterocycles. The fraction of sp³-hybridized carbons (Fsp3) is 0.385. The highest BCUT2D eigenvalue weighted by atomic mass is 127. The molecule has 0 aliphatic carbocycles. The maximum absolute atomic E-state index is 12.5. The fourth-order valence-corrected chi connectivity index (χ4v) is 3.07. The third kappa shape index (κ3) is 3.15. The Balaban J connectivity index is 2.24. The van der Waals surface area contributed by atoms with Crippen LogP contribution in [-0.4, -0.2) is 48.2 Å². The van der Waals surface area contributed by atoms with Gasteiger partial charge in [-0.1, -0.05) is 0 Å². The number of nitrogens with zero attached hydrogens (tertiary/aromatic N) is 1. The molecular formula is C13H13BrINO4. The molecule has 1 aromatic carbocycles. The van der Waals surface area contributed by atoms with Crippen molar-refractivity contribution in [3.63, 3.8) is 0 Å². The number of hydrogen-bond acceptors (Lipinski definition) is 3. The lowest BCUT2D eigenvalue weighted by Crippen LogP contribution is -2.44. The van der Waals surface area contributed by atoms with Crippen LogP contribution in [0.4, 0.5) is 0 Å². The largest absolute Gasteiger partial charge is 0.481 e. The van der Waals surface area contributed by atoms with Crippen LogP contribution >= 0.6 is 38.5 Å². The highest BCUT2D eigenvalue weighted by Gasteiger charge is 2.38. The van der Waals surface area contributed by atoms with Crippen LogP contribution < -0.4 is 0 Å². The van der Waals surface area contributed by atoms with E-state index in [1.165, 1.54) is 4.90 Å². The first-order valence-electron chi connectivity index (χ1n) is 5.94. The molecule has 0 bridgehead atoms. The highest BCUT2D eigenvalue weighted by Crippen LogP contribution is 2.25. The molecule has 2 atom stereocenters. The number of hydrogen-bond donors (Lipinski definition) is 1. The van der Waals surface area contributed by atoms with E-state index in [0.29, 0.717) is 10.0 Å². The quantitative estimate of drug-likeness (QED) is 0.712. The van der Waals surface area contributed by atoms with Gasteiger partial charge in [0.25, 0.3) is 5.91 Å². The Morgan fingerprint density at radius 3 is 2.80 bits per heavy atom. The maximum atomic E-state index is 12.5. The number of carbonyl (C=O) groups is 2. The normalized spacial score (nSPS) is 21.8. The molecule has 1 aromatic rings. The number of likely N-dealkylation sites (N-methyl/N-ethyl adjacent to an activating group) is 1. The lowest BCUT2D eigenvalue weighted by molar-refractivity contribution is -0.142. The lowest BCUT2D eigenvalue weighted by Gasteiger charge is -2.26. The molecule has 5 nitrogen and oxygen atoms in total. The molecule has 1 aliphatic rings. The summed E-state index contributed by atoms with van der Waals surface area (Å²) in [5, 5.41) is 9.16. The molecule has 1 fully saturated rings. The van der Waals surface area contributed by atoms with E-state index in [1.54, 1.807) is 13.1 Å². The molecule has 2 unspecified atom stereocenters. The number of rotatable bonds is 3. The third-order valence-electron chi connectivity index (χ3n) is 3.34. The second-order valence-corrected chi connectivity index (χ2v) is 6.69. The summed E-state index contributed by atoms with van der Waals surface area (Å²) in [6.07, 6.45) is 0. The molecule has 1 heterocycles. The monoisotopic (exact) mass is 453 g/mol. The molecule has 108 valence electrons. The van der Waals surface area contributed by atoms with Crippen LogP contribution in [0.1, 0.15) is 10.4 Å². The second-order valence-electron chi connectivity index (χ2n) is 4.59. The number of ether oxygens (including phenoxy) is 1. The van der Waals surface area contributed by atoms with Crippen LogP contribution in [0.5, 0.6) is 0 Å². The zero-order chi connectivity index (χ0) is 14.9. The van der Waals surface area contributed by atoms with Gasteiger partial charge in [0, 0.05) is 15.1 Å². The van der Waals surface area contributed by atoms with Gasteiger partial charge in [0.2, 0.25) is 0 Å². The molecule has 2 rings (SSSR count). The molecule has 7 heteroatoms. The number of carbonyl (C=O) groups excluding carboxylic acids is 1. The van der Waals surface area contributed by atoms with E-state index >= 15 is 0 Å². The van der Waals surface area contributed by atoms with E-state index < -0.39 is 17.9 Å². The Morgan fingerprint density at radius 2 is 2.15 bits per heavy atom. The second kappa shape index (κ2) is 6.40. The molecule has 1 aliphatic heterocycles. The van der Waals surface area contributed by atoms with Crippen molar-refractivity contribution in [3.8, 4) is 0 Å². The van der Waals surface area contributed by atoms with E-state index in [-0.39, 0.29) is 19.1 Å². The first-order chi connectivity index (χ1) is 9.41. The van der Waals surface area contributed by atoms with Crippen LogP contribution in [0.15, 0.2) is 22.7 Å². The molecule has 1 N–H and O–H groups in total. The summed E-state index contributed by atoms with van der Waals surface area (Å²) in [7, 11) is 1.62. The Morgan fingerprint density at radius 1 is 1.45 bits per heavy atom. The van der Waals surface area contributed by atoms with Crippen molar-refractivity contribution in [2.45, 2.75) is 6.04 Å². The smallest absolute Gasteiger partial charge is 0.311 e. The Bertz CT molecular complexity index is 551. The predicted molar refractivity (Wildman–Crippen MR) is 84.7 cm³/mol. The summed E-state index contributed by atoms with van der Waals surface area (Å²) in [4.78, 5) is 25.1. The number of aliphatic carboxylic acids is 1.